The van der Waals surface area contributed by atoms with Crippen LogP contribution in [0.2, 0.25) is 0 Å². The van der Waals surface area contributed by atoms with Crippen molar-refractivity contribution < 1.29 is 17.9 Å². The Labute approximate surface area is 140 Å². The fourth-order valence-corrected chi connectivity index (χ4v) is 5.17. The summed E-state index contributed by atoms with van der Waals surface area (Å²) in [5.74, 6) is 0. The molecule has 0 saturated heterocycles. The normalized spacial score (nSPS) is 13.5. The SMILES string of the molecule is CCOC(OCC)C(CCN)S(=O)(=O)c1c(C)cc(C)cc1C. The molecule has 132 valence electrons. The Kier molecular flexibility index (Phi) is 7.67. The molecule has 5 nitrogen and oxygen atoms in total. The molecule has 1 atom stereocenters. The van der Waals surface area contributed by atoms with Crippen LogP contribution in [0.3, 0.4) is 0 Å². The predicted molar refractivity (Wildman–Crippen MR) is 92.3 cm³/mol. The molecular formula is C17H29NO4S. The zero-order chi connectivity index (χ0) is 17.6. The quantitative estimate of drug-likeness (QED) is 0.697. The van der Waals surface area contributed by atoms with E-state index in [2.05, 4.69) is 0 Å². The molecule has 0 radical (unpaired) electrons. The van der Waals surface area contributed by atoms with E-state index in [1.54, 1.807) is 0 Å². The highest BCUT2D eigenvalue weighted by molar-refractivity contribution is 7.92. The average Bonchev–Trinajstić information content (AvgIpc) is 2.43. The van der Waals surface area contributed by atoms with E-state index in [1.165, 1.54) is 0 Å². The largest absolute Gasteiger partial charge is 0.352 e. The summed E-state index contributed by atoms with van der Waals surface area (Å²) in [6.07, 6.45) is -0.515. The second-order valence-electron chi connectivity index (χ2n) is 5.67. The van der Waals surface area contributed by atoms with Gasteiger partial charge in [-0.05, 0) is 58.7 Å². The third-order valence-corrected chi connectivity index (χ3v) is 6.17. The fraction of sp³-hybridized carbons (Fsp3) is 0.647. The molecule has 6 heteroatoms. The van der Waals surface area contributed by atoms with Crippen molar-refractivity contribution in [1.29, 1.82) is 0 Å². The van der Waals surface area contributed by atoms with Gasteiger partial charge in [0.1, 0.15) is 5.25 Å². The molecule has 0 heterocycles. The van der Waals surface area contributed by atoms with Crippen LogP contribution in [0.1, 0.15) is 37.0 Å². The first-order chi connectivity index (χ1) is 10.8. The van der Waals surface area contributed by atoms with Gasteiger partial charge in [0.25, 0.3) is 0 Å². The van der Waals surface area contributed by atoms with Gasteiger partial charge in [0.15, 0.2) is 16.1 Å². The second-order valence-corrected chi connectivity index (χ2v) is 7.77. The van der Waals surface area contributed by atoms with E-state index in [-0.39, 0.29) is 6.54 Å². The van der Waals surface area contributed by atoms with Gasteiger partial charge < -0.3 is 15.2 Å². The van der Waals surface area contributed by atoms with Crippen LogP contribution in [0, 0.1) is 20.8 Å². The van der Waals surface area contributed by atoms with Crippen molar-refractivity contribution in [3.8, 4) is 0 Å². The maximum Gasteiger partial charge on any atom is 0.186 e. The maximum absolute atomic E-state index is 13.3. The van der Waals surface area contributed by atoms with Crippen LogP contribution in [-0.2, 0) is 19.3 Å². The Morgan fingerprint density at radius 3 is 1.91 bits per heavy atom. The van der Waals surface area contributed by atoms with Gasteiger partial charge in [-0.15, -0.1) is 0 Å². The van der Waals surface area contributed by atoms with Crippen molar-refractivity contribution in [2.24, 2.45) is 5.73 Å². The Morgan fingerprint density at radius 2 is 1.52 bits per heavy atom. The Hall–Kier alpha value is -0.950. The minimum atomic E-state index is -3.61. The van der Waals surface area contributed by atoms with Crippen LogP contribution in [-0.4, -0.2) is 39.7 Å². The molecule has 0 aliphatic heterocycles. The first-order valence-corrected chi connectivity index (χ1v) is 9.59. The van der Waals surface area contributed by atoms with Gasteiger partial charge >= 0.3 is 0 Å². The van der Waals surface area contributed by atoms with Crippen molar-refractivity contribution >= 4 is 9.84 Å². The van der Waals surface area contributed by atoms with Crippen molar-refractivity contribution in [2.45, 2.75) is 57.5 Å². The summed E-state index contributed by atoms with van der Waals surface area (Å²) in [7, 11) is -3.61. The lowest BCUT2D eigenvalue weighted by molar-refractivity contribution is -0.137. The molecule has 1 aromatic rings. The number of benzene rings is 1. The van der Waals surface area contributed by atoms with Crippen LogP contribution in [0.5, 0.6) is 0 Å². The van der Waals surface area contributed by atoms with Gasteiger partial charge in [0.2, 0.25) is 0 Å². The van der Waals surface area contributed by atoms with Gasteiger partial charge in [-0.25, -0.2) is 8.42 Å². The lowest BCUT2D eigenvalue weighted by Gasteiger charge is -2.27. The van der Waals surface area contributed by atoms with Crippen molar-refractivity contribution in [2.75, 3.05) is 19.8 Å². The zero-order valence-corrected chi connectivity index (χ0v) is 15.6. The highest BCUT2D eigenvalue weighted by atomic mass is 32.2. The van der Waals surface area contributed by atoms with E-state index in [4.69, 9.17) is 15.2 Å². The third kappa shape index (κ3) is 4.76. The summed E-state index contributed by atoms with van der Waals surface area (Å²) in [5, 5.41) is -0.812. The minimum Gasteiger partial charge on any atom is -0.352 e. The zero-order valence-electron chi connectivity index (χ0n) is 14.8. The Balaban J connectivity index is 3.39. The van der Waals surface area contributed by atoms with Crippen LogP contribution in [0.25, 0.3) is 0 Å². The number of ether oxygens (including phenoxy) is 2. The first kappa shape index (κ1) is 20.1. The summed E-state index contributed by atoms with van der Waals surface area (Å²) in [6.45, 7) is 10.3. The fourth-order valence-electron chi connectivity index (χ4n) is 2.96. The van der Waals surface area contributed by atoms with E-state index >= 15 is 0 Å². The third-order valence-electron chi connectivity index (χ3n) is 3.70. The van der Waals surface area contributed by atoms with Crippen molar-refractivity contribution in [1.82, 2.24) is 0 Å². The number of rotatable bonds is 9. The highest BCUT2D eigenvalue weighted by Crippen LogP contribution is 2.29. The number of hydrogen-bond donors (Lipinski definition) is 1. The molecular weight excluding hydrogens is 314 g/mol. The number of nitrogens with two attached hydrogens (primary N) is 1. The maximum atomic E-state index is 13.3. The van der Waals surface area contributed by atoms with Crippen molar-refractivity contribution in [3.63, 3.8) is 0 Å². The molecule has 1 rings (SSSR count). The lowest BCUT2D eigenvalue weighted by Crippen LogP contribution is -2.40. The summed E-state index contributed by atoms with van der Waals surface area (Å²) < 4.78 is 37.6. The van der Waals surface area contributed by atoms with Gasteiger partial charge in [0, 0.05) is 13.2 Å². The smallest absolute Gasteiger partial charge is 0.186 e. The lowest BCUT2D eigenvalue weighted by atomic mass is 10.1. The molecule has 2 N–H and O–H groups in total. The monoisotopic (exact) mass is 343 g/mol. The molecule has 0 amide bonds. The standard InChI is InChI=1S/C17H29NO4S/c1-6-21-17(22-7-2)15(8-9-18)23(19,20)16-13(4)10-12(3)11-14(16)5/h10-11,15,17H,6-9,18H2,1-5H3. The molecule has 0 aliphatic rings. The van der Waals surface area contributed by atoms with E-state index in [0.29, 0.717) is 24.5 Å². The van der Waals surface area contributed by atoms with Gasteiger partial charge in [-0.2, -0.15) is 0 Å². The van der Waals surface area contributed by atoms with Gasteiger partial charge in [-0.1, -0.05) is 17.7 Å². The number of aryl methyl sites for hydroxylation is 3. The molecule has 0 saturated carbocycles. The summed E-state index contributed by atoms with van der Waals surface area (Å²) in [6, 6.07) is 3.77. The first-order valence-electron chi connectivity index (χ1n) is 8.04. The van der Waals surface area contributed by atoms with Crippen LogP contribution >= 0.6 is 0 Å². The van der Waals surface area contributed by atoms with E-state index in [1.807, 2.05) is 46.8 Å². The molecule has 1 aromatic carbocycles. The Morgan fingerprint density at radius 1 is 1.04 bits per heavy atom. The molecule has 1 unspecified atom stereocenters. The molecule has 0 spiro atoms. The van der Waals surface area contributed by atoms with Crippen LogP contribution in [0.15, 0.2) is 17.0 Å². The van der Waals surface area contributed by atoms with E-state index < -0.39 is 21.4 Å². The van der Waals surface area contributed by atoms with E-state index in [0.717, 1.165) is 16.7 Å². The number of hydrogen-bond acceptors (Lipinski definition) is 5. The summed E-state index contributed by atoms with van der Waals surface area (Å²) >= 11 is 0. The van der Waals surface area contributed by atoms with Gasteiger partial charge in [-0.3, -0.25) is 0 Å². The average molecular weight is 343 g/mol. The minimum absolute atomic E-state index is 0.254. The summed E-state index contributed by atoms with van der Waals surface area (Å²) in [4.78, 5) is 0.367. The molecule has 23 heavy (non-hydrogen) atoms. The summed E-state index contributed by atoms with van der Waals surface area (Å²) in [5.41, 5.74) is 8.19. The second kappa shape index (κ2) is 8.78. The Bertz CT molecular complexity index is 584. The molecule has 0 aromatic heterocycles. The molecule has 0 fully saturated rings. The van der Waals surface area contributed by atoms with Crippen LogP contribution in [0.4, 0.5) is 0 Å². The highest BCUT2D eigenvalue weighted by Gasteiger charge is 2.37. The van der Waals surface area contributed by atoms with Gasteiger partial charge in [0.05, 0.1) is 4.90 Å². The topological polar surface area (TPSA) is 78.6 Å². The molecule has 0 bridgehead atoms. The van der Waals surface area contributed by atoms with Crippen molar-refractivity contribution in [3.05, 3.63) is 28.8 Å². The van der Waals surface area contributed by atoms with Crippen LogP contribution < -0.4 is 5.73 Å². The predicted octanol–water partition coefficient (Wildman–Crippen LogP) is 2.50. The van der Waals surface area contributed by atoms with E-state index in [9.17, 15) is 8.42 Å². The number of sulfone groups is 1. The molecule has 0 aliphatic carbocycles.